The Labute approximate surface area is 200 Å². The average Bonchev–Trinajstić information content (AvgIpc) is 3.37. The van der Waals surface area contributed by atoms with E-state index < -0.39 is 29.3 Å². The van der Waals surface area contributed by atoms with Crippen LogP contribution in [0.3, 0.4) is 0 Å². The molecule has 0 saturated heterocycles. The molecule has 0 unspecified atom stereocenters. The number of rotatable bonds is 3. The summed E-state index contributed by atoms with van der Waals surface area (Å²) in [5, 5.41) is 2.65. The molecule has 2 aromatic carbocycles. The highest BCUT2D eigenvalue weighted by molar-refractivity contribution is 6.05. The third kappa shape index (κ3) is 5.47. The number of imidazole rings is 1. The number of anilines is 2. The first-order valence-corrected chi connectivity index (χ1v) is 11.0. The van der Waals surface area contributed by atoms with Crippen LogP contribution in [-0.4, -0.2) is 33.7 Å². The number of halogens is 3. The van der Waals surface area contributed by atoms with Gasteiger partial charge >= 0.3 is 12.3 Å². The fraction of sp³-hybridized carbons (Fsp3) is 0.320. The molecule has 3 aromatic rings. The van der Waals surface area contributed by atoms with E-state index in [9.17, 15) is 22.8 Å². The van der Waals surface area contributed by atoms with Crippen molar-refractivity contribution < 1.29 is 27.5 Å². The highest BCUT2D eigenvalue weighted by Crippen LogP contribution is 2.34. The first kappa shape index (κ1) is 24.3. The molecule has 0 radical (unpaired) electrons. The maximum Gasteiger partial charge on any atom is 0.416 e. The molecule has 10 heteroatoms. The summed E-state index contributed by atoms with van der Waals surface area (Å²) in [6.07, 6.45) is -1.55. The fourth-order valence-corrected chi connectivity index (χ4v) is 3.78. The lowest BCUT2D eigenvalue weighted by atomic mass is 10.1. The summed E-state index contributed by atoms with van der Waals surface area (Å²) in [7, 11) is 0. The summed E-state index contributed by atoms with van der Waals surface area (Å²) in [5.74, 6) is -0.712. The Bertz CT molecular complexity index is 1290. The second-order valence-corrected chi connectivity index (χ2v) is 9.37. The van der Waals surface area contributed by atoms with Gasteiger partial charge in [-0.1, -0.05) is 6.07 Å². The molecule has 0 spiro atoms. The van der Waals surface area contributed by atoms with Crippen molar-refractivity contribution in [1.29, 1.82) is 0 Å². The normalized spacial score (nSPS) is 13.5. The molecule has 7 nitrogen and oxygen atoms in total. The van der Waals surface area contributed by atoms with Crippen molar-refractivity contribution in [2.75, 3.05) is 16.8 Å². The van der Waals surface area contributed by atoms with E-state index in [2.05, 4.69) is 10.3 Å². The van der Waals surface area contributed by atoms with Crippen LogP contribution in [0.5, 0.6) is 0 Å². The molecule has 1 aliphatic rings. The Hall–Kier alpha value is -3.82. The average molecular weight is 486 g/mol. The minimum Gasteiger partial charge on any atom is -0.443 e. The number of fused-ring (bicyclic) bond motifs is 1. The van der Waals surface area contributed by atoms with E-state index in [1.165, 1.54) is 21.9 Å². The number of benzene rings is 2. The lowest BCUT2D eigenvalue weighted by Crippen LogP contribution is -2.35. The van der Waals surface area contributed by atoms with Crippen LogP contribution >= 0.6 is 0 Å². The Morgan fingerprint density at radius 1 is 1.09 bits per heavy atom. The van der Waals surface area contributed by atoms with Gasteiger partial charge in [-0.15, -0.1) is 0 Å². The van der Waals surface area contributed by atoms with Crippen molar-refractivity contribution >= 4 is 23.4 Å². The molecule has 0 bridgehead atoms. The molecule has 2 amide bonds. The van der Waals surface area contributed by atoms with Gasteiger partial charge < -0.3 is 14.6 Å². The van der Waals surface area contributed by atoms with E-state index in [-0.39, 0.29) is 11.3 Å². The van der Waals surface area contributed by atoms with Crippen molar-refractivity contribution in [3.8, 4) is 5.69 Å². The molecular formula is C25H25F3N4O3. The van der Waals surface area contributed by atoms with Crippen LogP contribution in [-0.2, 0) is 17.3 Å². The van der Waals surface area contributed by atoms with E-state index in [1.807, 2.05) is 0 Å². The molecule has 1 N–H and O–H groups in total. The minimum atomic E-state index is -4.64. The van der Waals surface area contributed by atoms with Crippen LogP contribution in [0, 0.1) is 6.92 Å². The third-order valence-electron chi connectivity index (χ3n) is 5.37. The van der Waals surface area contributed by atoms with E-state index in [1.54, 1.807) is 52.1 Å². The van der Waals surface area contributed by atoms with Gasteiger partial charge in [-0.05, 0) is 70.0 Å². The number of hydrogen-bond donors (Lipinski definition) is 1. The molecule has 184 valence electrons. The maximum absolute atomic E-state index is 13.5. The molecule has 1 aliphatic heterocycles. The number of nitrogens with one attached hydrogen (secondary N) is 1. The van der Waals surface area contributed by atoms with Gasteiger partial charge in [0, 0.05) is 29.7 Å². The zero-order chi connectivity index (χ0) is 25.5. The molecule has 2 heterocycles. The fourth-order valence-electron chi connectivity index (χ4n) is 3.78. The summed E-state index contributed by atoms with van der Waals surface area (Å²) in [4.78, 5) is 31.1. The number of nitrogens with zero attached hydrogens (tertiary/aromatic N) is 3. The number of amides is 2. The molecule has 0 atom stereocenters. The van der Waals surface area contributed by atoms with Gasteiger partial charge in [0.2, 0.25) is 0 Å². The second kappa shape index (κ2) is 8.75. The van der Waals surface area contributed by atoms with Gasteiger partial charge in [0.1, 0.15) is 5.60 Å². The summed E-state index contributed by atoms with van der Waals surface area (Å²) >= 11 is 0. The van der Waals surface area contributed by atoms with Crippen LogP contribution in [0.15, 0.2) is 48.9 Å². The number of carbonyl (C=O) groups excluding carboxylic acids is 2. The molecule has 1 aromatic heterocycles. The maximum atomic E-state index is 13.5. The SMILES string of the molecule is Cc1cn(-c2cc(C(=O)Nc3ccc4c(c3)N(C(=O)OC(C)(C)C)CC4)cc(C(F)(F)F)c2)cn1. The predicted molar refractivity (Wildman–Crippen MR) is 125 cm³/mol. The Kier molecular flexibility index (Phi) is 6.08. The van der Waals surface area contributed by atoms with Crippen LogP contribution in [0.1, 0.15) is 48.0 Å². The Morgan fingerprint density at radius 2 is 1.83 bits per heavy atom. The van der Waals surface area contributed by atoms with E-state index in [4.69, 9.17) is 4.74 Å². The van der Waals surface area contributed by atoms with Crippen LogP contribution in [0.4, 0.5) is 29.3 Å². The van der Waals surface area contributed by atoms with Crippen molar-refractivity contribution in [3.63, 3.8) is 0 Å². The van der Waals surface area contributed by atoms with Gasteiger partial charge in [0.15, 0.2) is 0 Å². The molecular weight excluding hydrogens is 461 g/mol. The molecule has 35 heavy (non-hydrogen) atoms. The van der Waals surface area contributed by atoms with E-state index >= 15 is 0 Å². The van der Waals surface area contributed by atoms with E-state index in [0.717, 1.165) is 17.7 Å². The lowest BCUT2D eigenvalue weighted by molar-refractivity contribution is -0.137. The zero-order valence-electron chi connectivity index (χ0n) is 19.7. The second-order valence-electron chi connectivity index (χ2n) is 9.37. The molecule has 4 rings (SSSR count). The smallest absolute Gasteiger partial charge is 0.416 e. The quantitative estimate of drug-likeness (QED) is 0.512. The van der Waals surface area contributed by atoms with Gasteiger partial charge in [0.05, 0.1) is 23.3 Å². The highest BCUT2D eigenvalue weighted by Gasteiger charge is 2.32. The Morgan fingerprint density at radius 3 is 2.46 bits per heavy atom. The van der Waals surface area contributed by atoms with Gasteiger partial charge in [-0.3, -0.25) is 9.69 Å². The van der Waals surface area contributed by atoms with E-state index in [0.29, 0.717) is 30.0 Å². The lowest BCUT2D eigenvalue weighted by Gasteiger charge is -2.25. The Balaban J connectivity index is 1.62. The standard InChI is InChI=1S/C25H25F3N4O3/c1-15-13-31(14-29-15)20-10-17(9-18(11-20)25(26,27)28)22(33)30-19-6-5-16-7-8-32(21(16)12-19)23(34)35-24(2,3)4/h5-6,9-14H,7-8H2,1-4H3,(H,30,33). The first-order valence-electron chi connectivity index (χ1n) is 11.0. The highest BCUT2D eigenvalue weighted by atomic mass is 19.4. The molecule has 0 saturated carbocycles. The first-order chi connectivity index (χ1) is 16.3. The van der Waals surface area contributed by atoms with Crippen LogP contribution < -0.4 is 10.2 Å². The van der Waals surface area contributed by atoms with Crippen molar-refractivity contribution in [2.45, 2.75) is 45.9 Å². The number of alkyl halides is 3. The number of ether oxygens (including phenoxy) is 1. The number of hydrogen-bond acceptors (Lipinski definition) is 4. The summed E-state index contributed by atoms with van der Waals surface area (Å²) in [6, 6.07) is 8.20. The van der Waals surface area contributed by atoms with Crippen molar-refractivity contribution in [1.82, 2.24) is 9.55 Å². The van der Waals surface area contributed by atoms with Crippen molar-refractivity contribution in [3.05, 3.63) is 71.3 Å². The topological polar surface area (TPSA) is 76.5 Å². The molecule has 0 aliphatic carbocycles. The molecule has 0 fully saturated rings. The van der Waals surface area contributed by atoms with Crippen molar-refractivity contribution in [2.24, 2.45) is 0 Å². The number of aromatic nitrogens is 2. The number of aryl methyl sites for hydroxylation is 1. The van der Waals surface area contributed by atoms with Crippen LogP contribution in [0.25, 0.3) is 5.69 Å². The monoisotopic (exact) mass is 486 g/mol. The zero-order valence-corrected chi connectivity index (χ0v) is 19.7. The van der Waals surface area contributed by atoms with Crippen LogP contribution in [0.2, 0.25) is 0 Å². The number of carbonyl (C=O) groups is 2. The largest absolute Gasteiger partial charge is 0.443 e. The summed E-state index contributed by atoms with van der Waals surface area (Å²) in [6.45, 7) is 7.46. The summed E-state index contributed by atoms with van der Waals surface area (Å²) < 4.78 is 47.5. The minimum absolute atomic E-state index is 0.161. The predicted octanol–water partition coefficient (Wildman–Crippen LogP) is 5.75. The third-order valence-corrected chi connectivity index (χ3v) is 5.37. The van der Waals surface area contributed by atoms with Gasteiger partial charge in [-0.2, -0.15) is 13.2 Å². The van der Waals surface area contributed by atoms with Gasteiger partial charge in [0.25, 0.3) is 5.91 Å². The summed E-state index contributed by atoms with van der Waals surface area (Å²) in [5.41, 5.74) is 0.864. The van der Waals surface area contributed by atoms with Gasteiger partial charge in [-0.25, -0.2) is 9.78 Å².